The maximum atomic E-state index is 5.42. The third-order valence-electron chi connectivity index (χ3n) is 2.87. The van der Waals surface area contributed by atoms with Crippen molar-refractivity contribution in [1.29, 1.82) is 0 Å². The molecule has 0 aliphatic heterocycles. The molecule has 0 spiro atoms. The molecule has 0 bridgehead atoms. The molecule has 1 atom stereocenters. The number of nitrogens with zero attached hydrogens (tertiary/aromatic N) is 1. The molecule has 0 aliphatic carbocycles. The number of hydrogen-bond donors (Lipinski definition) is 2. The quantitative estimate of drug-likeness (QED) is 0.254. The number of methoxy groups -OCH3 is 1. The molecule has 0 aromatic carbocycles. The van der Waals surface area contributed by atoms with Gasteiger partial charge >= 0.3 is 0 Å². The highest BCUT2D eigenvalue weighted by Crippen LogP contribution is 2.20. The third-order valence-corrected chi connectivity index (χ3v) is 3.97. The Morgan fingerprint density at radius 3 is 2.77 bits per heavy atom. The Bertz CT molecular complexity index is 388. The predicted molar refractivity (Wildman–Crippen MR) is 105 cm³/mol. The minimum atomic E-state index is 0. The van der Waals surface area contributed by atoms with Gasteiger partial charge in [-0.2, -0.15) is 0 Å². The van der Waals surface area contributed by atoms with Gasteiger partial charge in [0.15, 0.2) is 5.96 Å². The Balaban J connectivity index is 0.00000441. The Hall–Kier alpha value is -0.380. The second-order valence-corrected chi connectivity index (χ2v) is 5.65. The average Bonchev–Trinajstić information content (AvgIpc) is 3.02. The van der Waals surface area contributed by atoms with Crippen LogP contribution < -0.4 is 10.6 Å². The summed E-state index contributed by atoms with van der Waals surface area (Å²) < 4.78 is 10.3. The predicted octanol–water partition coefficient (Wildman–Crippen LogP) is 2.69. The van der Waals surface area contributed by atoms with Crippen molar-refractivity contribution >= 4 is 41.3 Å². The van der Waals surface area contributed by atoms with Gasteiger partial charge < -0.3 is 20.1 Å². The van der Waals surface area contributed by atoms with Crippen molar-refractivity contribution in [2.24, 2.45) is 4.99 Å². The van der Waals surface area contributed by atoms with Crippen LogP contribution in [0.1, 0.15) is 24.6 Å². The molecule has 1 unspecified atom stereocenters. The zero-order chi connectivity index (χ0) is 15.3. The minimum absolute atomic E-state index is 0. The summed E-state index contributed by atoms with van der Waals surface area (Å²) in [6.45, 7) is 8.54. The molecule has 0 saturated carbocycles. The molecule has 0 fully saturated rings. The molecule has 128 valence electrons. The lowest BCUT2D eigenvalue weighted by atomic mass is 10.1. The van der Waals surface area contributed by atoms with E-state index in [1.807, 2.05) is 0 Å². The van der Waals surface area contributed by atoms with Crippen LogP contribution in [0.3, 0.4) is 0 Å². The topological polar surface area (TPSA) is 54.9 Å². The van der Waals surface area contributed by atoms with Crippen molar-refractivity contribution < 1.29 is 9.47 Å². The number of ether oxygens (including phenoxy) is 2. The molecule has 0 aliphatic rings. The van der Waals surface area contributed by atoms with E-state index in [0.29, 0.717) is 25.7 Å². The molecule has 22 heavy (non-hydrogen) atoms. The number of guanidine groups is 1. The zero-order valence-corrected chi connectivity index (χ0v) is 16.8. The van der Waals surface area contributed by atoms with E-state index >= 15 is 0 Å². The van der Waals surface area contributed by atoms with E-state index in [1.54, 1.807) is 18.4 Å². The van der Waals surface area contributed by atoms with E-state index in [1.165, 1.54) is 4.88 Å². The van der Waals surface area contributed by atoms with Crippen molar-refractivity contribution in [1.82, 2.24) is 10.6 Å². The van der Waals surface area contributed by atoms with Gasteiger partial charge in [0, 0.05) is 31.0 Å². The van der Waals surface area contributed by atoms with E-state index in [9.17, 15) is 0 Å². The van der Waals surface area contributed by atoms with Crippen LogP contribution >= 0.6 is 35.3 Å². The standard InChI is InChI=1S/C15H27N3O2S.HI/c1-4-16-15(17-7-8-20-10-9-19-3)18-12-13(2)14-6-5-11-21-14;/h5-6,11,13H,4,7-10,12H2,1-3H3,(H2,16,17,18);1H. The molecule has 0 radical (unpaired) electrons. The first-order valence-electron chi connectivity index (χ1n) is 7.40. The highest BCUT2D eigenvalue weighted by molar-refractivity contribution is 14.0. The number of rotatable bonds is 10. The number of thiophene rings is 1. The normalized spacial score (nSPS) is 12.6. The van der Waals surface area contributed by atoms with Crippen LogP contribution in [-0.4, -0.2) is 52.5 Å². The maximum absolute atomic E-state index is 5.42. The third kappa shape index (κ3) is 9.60. The summed E-state index contributed by atoms with van der Waals surface area (Å²) in [4.78, 5) is 6.00. The molecule has 7 heteroatoms. The van der Waals surface area contributed by atoms with E-state index in [-0.39, 0.29) is 24.0 Å². The fourth-order valence-corrected chi connectivity index (χ4v) is 2.50. The summed E-state index contributed by atoms with van der Waals surface area (Å²) in [7, 11) is 1.67. The zero-order valence-electron chi connectivity index (χ0n) is 13.6. The van der Waals surface area contributed by atoms with Crippen molar-refractivity contribution in [3.8, 4) is 0 Å². The summed E-state index contributed by atoms with van der Waals surface area (Å²) >= 11 is 1.78. The lowest BCUT2D eigenvalue weighted by Gasteiger charge is -2.13. The van der Waals surface area contributed by atoms with Gasteiger partial charge in [-0.05, 0) is 18.4 Å². The van der Waals surface area contributed by atoms with Crippen LogP contribution in [0, 0.1) is 0 Å². The molecule has 1 aromatic rings. The number of aliphatic imine (C=N–C) groups is 1. The van der Waals surface area contributed by atoms with E-state index in [2.05, 4.69) is 47.0 Å². The van der Waals surface area contributed by atoms with Crippen LogP contribution in [0.2, 0.25) is 0 Å². The van der Waals surface area contributed by atoms with Gasteiger partial charge in [0.25, 0.3) is 0 Å². The Morgan fingerprint density at radius 1 is 1.32 bits per heavy atom. The largest absolute Gasteiger partial charge is 0.382 e. The average molecular weight is 441 g/mol. The van der Waals surface area contributed by atoms with Gasteiger partial charge in [0.1, 0.15) is 0 Å². The Morgan fingerprint density at radius 2 is 2.14 bits per heavy atom. The second-order valence-electron chi connectivity index (χ2n) is 4.67. The SMILES string of the molecule is CCNC(=NCC(C)c1cccs1)NCCOCCOC.I. The fraction of sp³-hybridized carbons (Fsp3) is 0.667. The summed E-state index contributed by atoms with van der Waals surface area (Å²) in [5.41, 5.74) is 0. The van der Waals surface area contributed by atoms with Crippen molar-refractivity contribution in [2.45, 2.75) is 19.8 Å². The van der Waals surface area contributed by atoms with Gasteiger partial charge in [-0.3, -0.25) is 4.99 Å². The van der Waals surface area contributed by atoms with Crippen molar-refractivity contribution in [3.63, 3.8) is 0 Å². The van der Waals surface area contributed by atoms with Crippen LogP contribution in [0.5, 0.6) is 0 Å². The first-order chi connectivity index (χ1) is 10.3. The minimum Gasteiger partial charge on any atom is -0.382 e. The first kappa shape index (κ1) is 21.6. The molecule has 1 rings (SSSR count). The lowest BCUT2D eigenvalue weighted by molar-refractivity contribution is 0.0733. The molecular weight excluding hydrogens is 413 g/mol. The smallest absolute Gasteiger partial charge is 0.191 e. The van der Waals surface area contributed by atoms with Crippen LogP contribution in [0.15, 0.2) is 22.5 Å². The molecular formula is C15H28IN3O2S. The summed E-state index contributed by atoms with van der Waals surface area (Å²) in [6, 6.07) is 4.25. The molecule has 0 saturated heterocycles. The fourth-order valence-electron chi connectivity index (χ4n) is 1.72. The molecule has 1 aromatic heterocycles. The highest BCUT2D eigenvalue weighted by atomic mass is 127. The monoisotopic (exact) mass is 441 g/mol. The van der Waals surface area contributed by atoms with E-state index in [4.69, 9.17) is 9.47 Å². The number of nitrogens with one attached hydrogen (secondary N) is 2. The summed E-state index contributed by atoms with van der Waals surface area (Å²) in [5.74, 6) is 1.29. The number of halogens is 1. The Labute approximate surface area is 154 Å². The van der Waals surface area contributed by atoms with Gasteiger partial charge in [0.2, 0.25) is 0 Å². The Kier molecular flexibility index (Phi) is 14.0. The molecule has 1 heterocycles. The van der Waals surface area contributed by atoms with Gasteiger partial charge in [0.05, 0.1) is 26.4 Å². The highest BCUT2D eigenvalue weighted by Gasteiger charge is 2.06. The van der Waals surface area contributed by atoms with E-state index in [0.717, 1.165) is 25.6 Å². The maximum Gasteiger partial charge on any atom is 0.191 e. The van der Waals surface area contributed by atoms with Crippen LogP contribution in [0.25, 0.3) is 0 Å². The first-order valence-corrected chi connectivity index (χ1v) is 8.28. The summed E-state index contributed by atoms with van der Waals surface area (Å²) in [6.07, 6.45) is 0. The van der Waals surface area contributed by atoms with E-state index < -0.39 is 0 Å². The van der Waals surface area contributed by atoms with Gasteiger partial charge in [-0.25, -0.2) is 0 Å². The molecule has 0 amide bonds. The molecule has 2 N–H and O–H groups in total. The lowest BCUT2D eigenvalue weighted by Crippen LogP contribution is -2.39. The van der Waals surface area contributed by atoms with Crippen LogP contribution in [-0.2, 0) is 9.47 Å². The van der Waals surface area contributed by atoms with Crippen molar-refractivity contribution in [2.75, 3.05) is 46.6 Å². The summed E-state index contributed by atoms with van der Waals surface area (Å²) in [5, 5.41) is 8.63. The molecule has 5 nitrogen and oxygen atoms in total. The van der Waals surface area contributed by atoms with Gasteiger partial charge in [-0.1, -0.05) is 13.0 Å². The van der Waals surface area contributed by atoms with Crippen LogP contribution in [0.4, 0.5) is 0 Å². The second kappa shape index (κ2) is 14.2. The van der Waals surface area contributed by atoms with Crippen molar-refractivity contribution in [3.05, 3.63) is 22.4 Å². The number of hydrogen-bond acceptors (Lipinski definition) is 4. The van der Waals surface area contributed by atoms with Gasteiger partial charge in [-0.15, -0.1) is 35.3 Å².